The zero-order chi connectivity index (χ0) is 21.3. The first-order chi connectivity index (χ1) is 14.5. The Bertz CT molecular complexity index is 1150. The maximum Gasteiger partial charge on any atom is 0.259 e. The van der Waals surface area contributed by atoms with Gasteiger partial charge in [0.15, 0.2) is 0 Å². The Morgan fingerprint density at radius 3 is 2.67 bits per heavy atom. The zero-order valence-electron chi connectivity index (χ0n) is 17.7. The highest BCUT2D eigenvalue weighted by Crippen LogP contribution is 2.31. The highest BCUT2D eigenvalue weighted by atomic mass is 16.5. The van der Waals surface area contributed by atoms with Gasteiger partial charge in [-0.25, -0.2) is 4.98 Å². The number of amides is 1. The number of carbonyl (C=O) groups is 1. The summed E-state index contributed by atoms with van der Waals surface area (Å²) in [4.78, 5) is 33.1. The summed E-state index contributed by atoms with van der Waals surface area (Å²) in [6.07, 6.45) is 3.58. The molecule has 2 heterocycles. The number of aromatic nitrogens is 2. The smallest absolute Gasteiger partial charge is 0.259 e. The summed E-state index contributed by atoms with van der Waals surface area (Å²) in [6.45, 7) is 7.44. The number of para-hydroxylation sites is 1. The van der Waals surface area contributed by atoms with Gasteiger partial charge < -0.3 is 14.2 Å². The van der Waals surface area contributed by atoms with Gasteiger partial charge in [-0.15, -0.1) is 0 Å². The number of aryl methyl sites for hydroxylation is 2. The molecule has 156 valence electrons. The van der Waals surface area contributed by atoms with E-state index in [1.54, 1.807) is 12.3 Å². The van der Waals surface area contributed by atoms with E-state index in [0.717, 1.165) is 29.8 Å². The molecule has 0 spiro atoms. The molecule has 1 amide bonds. The first-order valence-corrected chi connectivity index (χ1v) is 10.6. The molecule has 1 aromatic carbocycles. The Labute approximate surface area is 176 Å². The lowest BCUT2D eigenvalue weighted by atomic mass is 10.1. The fraction of sp³-hybridized carbons (Fsp3) is 0.375. The van der Waals surface area contributed by atoms with Gasteiger partial charge in [-0.3, -0.25) is 9.59 Å². The Kier molecular flexibility index (Phi) is 5.57. The van der Waals surface area contributed by atoms with Crippen LogP contribution in [0.2, 0.25) is 0 Å². The van der Waals surface area contributed by atoms with Crippen molar-refractivity contribution in [1.82, 2.24) is 14.5 Å². The van der Waals surface area contributed by atoms with Crippen LogP contribution < -0.4 is 10.2 Å². The fourth-order valence-corrected chi connectivity index (χ4v) is 3.78. The summed E-state index contributed by atoms with van der Waals surface area (Å²) in [5.74, 6) is 0.557. The van der Waals surface area contributed by atoms with Crippen molar-refractivity contribution in [3.8, 4) is 5.75 Å². The second-order valence-electron chi connectivity index (χ2n) is 7.69. The third kappa shape index (κ3) is 3.82. The van der Waals surface area contributed by atoms with Crippen LogP contribution in [0.1, 0.15) is 48.3 Å². The van der Waals surface area contributed by atoms with E-state index >= 15 is 0 Å². The first-order valence-electron chi connectivity index (χ1n) is 10.6. The molecule has 4 rings (SSSR count). The SMILES string of the molecule is CCOc1ccccc1CN(C(=O)c1cn(CC)c2nc(C)ccc2c1=O)C1CC1. The molecule has 1 aliphatic carbocycles. The molecule has 1 fully saturated rings. The maximum absolute atomic E-state index is 13.6. The normalized spacial score (nSPS) is 13.4. The molecule has 0 atom stereocenters. The van der Waals surface area contributed by atoms with Crippen LogP contribution in [0.5, 0.6) is 5.75 Å². The quantitative estimate of drug-likeness (QED) is 0.597. The van der Waals surface area contributed by atoms with Crippen molar-refractivity contribution < 1.29 is 9.53 Å². The van der Waals surface area contributed by atoms with Gasteiger partial charge in [-0.05, 0) is 51.8 Å². The molecule has 30 heavy (non-hydrogen) atoms. The summed E-state index contributed by atoms with van der Waals surface area (Å²) in [6, 6.07) is 11.5. The van der Waals surface area contributed by atoms with Crippen LogP contribution in [0.4, 0.5) is 0 Å². The third-order valence-corrected chi connectivity index (χ3v) is 5.49. The predicted octanol–water partition coefficient (Wildman–Crippen LogP) is 3.93. The number of pyridine rings is 2. The van der Waals surface area contributed by atoms with Crippen molar-refractivity contribution in [3.63, 3.8) is 0 Å². The Hall–Kier alpha value is -3.15. The van der Waals surface area contributed by atoms with E-state index in [9.17, 15) is 9.59 Å². The van der Waals surface area contributed by atoms with E-state index in [4.69, 9.17) is 4.74 Å². The lowest BCUT2D eigenvalue weighted by Gasteiger charge is -2.24. The Balaban J connectivity index is 1.75. The topological polar surface area (TPSA) is 64.4 Å². The standard InChI is InChI=1S/C24H27N3O3/c1-4-26-15-20(22(28)19-13-10-16(3)25-23(19)26)24(29)27(18-11-12-18)14-17-8-6-7-9-21(17)30-5-2/h6-10,13,15,18H,4-5,11-12,14H2,1-3H3. The predicted molar refractivity (Wildman–Crippen MR) is 117 cm³/mol. The Morgan fingerprint density at radius 1 is 1.20 bits per heavy atom. The van der Waals surface area contributed by atoms with Gasteiger partial charge in [-0.1, -0.05) is 18.2 Å². The van der Waals surface area contributed by atoms with Gasteiger partial charge in [0.1, 0.15) is 17.0 Å². The molecule has 0 bridgehead atoms. The van der Waals surface area contributed by atoms with Gasteiger partial charge in [0.2, 0.25) is 5.43 Å². The van der Waals surface area contributed by atoms with Gasteiger partial charge in [-0.2, -0.15) is 0 Å². The van der Waals surface area contributed by atoms with Crippen molar-refractivity contribution in [2.75, 3.05) is 6.61 Å². The molecule has 0 saturated heterocycles. The van der Waals surface area contributed by atoms with Crippen LogP contribution in [0.3, 0.4) is 0 Å². The molecule has 0 aliphatic heterocycles. The summed E-state index contributed by atoms with van der Waals surface area (Å²) in [5, 5.41) is 0.485. The lowest BCUT2D eigenvalue weighted by Crippen LogP contribution is -2.36. The molecule has 0 unspecified atom stereocenters. The number of ether oxygens (including phenoxy) is 1. The zero-order valence-corrected chi connectivity index (χ0v) is 17.7. The van der Waals surface area contributed by atoms with E-state index in [0.29, 0.717) is 30.7 Å². The molecule has 1 saturated carbocycles. The van der Waals surface area contributed by atoms with Crippen LogP contribution in [-0.2, 0) is 13.1 Å². The van der Waals surface area contributed by atoms with E-state index in [1.165, 1.54) is 0 Å². The second kappa shape index (κ2) is 8.30. The largest absolute Gasteiger partial charge is 0.494 e. The first kappa shape index (κ1) is 20.1. The van der Waals surface area contributed by atoms with Crippen LogP contribution in [0, 0.1) is 6.92 Å². The van der Waals surface area contributed by atoms with Gasteiger partial charge in [0, 0.05) is 36.6 Å². The van der Waals surface area contributed by atoms with E-state index in [1.807, 2.05) is 60.6 Å². The molecular weight excluding hydrogens is 378 g/mol. The minimum Gasteiger partial charge on any atom is -0.494 e. The minimum atomic E-state index is -0.254. The summed E-state index contributed by atoms with van der Waals surface area (Å²) >= 11 is 0. The van der Waals surface area contributed by atoms with Crippen LogP contribution >= 0.6 is 0 Å². The molecule has 2 aromatic heterocycles. The van der Waals surface area contributed by atoms with Gasteiger partial charge >= 0.3 is 0 Å². The van der Waals surface area contributed by atoms with Crippen molar-refractivity contribution in [2.24, 2.45) is 0 Å². The van der Waals surface area contributed by atoms with Gasteiger partial charge in [0.05, 0.1) is 12.0 Å². The van der Waals surface area contributed by atoms with Gasteiger partial charge in [0.25, 0.3) is 5.91 Å². The highest BCUT2D eigenvalue weighted by molar-refractivity contribution is 5.97. The number of fused-ring (bicyclic) bond motifs is 1. The van der Waals surface area contributed by atoms with E-state index in [2.05, 4.69) is 4.98 Å². The number of benzene rings is 1. The van der Waals surface area contributed by atoms with Crippen molar-refractivity contribution in [1.29, 1.82) is 0 Å². The monoisotopic (exact) mass is 405 g/mol. The number of nitrogens with zero attached hydrogens (tertiary/aromatic N) is 3. The van der Waals surface area contributed by atoms with Crippen molar-refractivity contribution in [3.05, 3.63) is 69.6 Å². The number of rotatable bonds is 7. The van der Waals surface area contributed by atoms with Crippen molar-refractivity contribution in [2.45, 2.75) is 52.7 Å². The fourth-order valence-electron chi connectivity index (χ4n) is 3.78. The maximum atomic E-state index is 13.6. The van der Waals surface area contributed by atoms with Crippen LogP contribution in [0.15, 0.2) is 47.4 Å². The van der Waals surface area contributed by atoms with E-state index < -0.39 is 0 Å². The minimum absolute atomic E-state index is 0.161. The molecule has 0 N–H and O–H groups in total. The molecule has 1 aliphatic rings. The van der Waals surface area contributed by atoms with Crippen LogP contribution in [0.25, 0.3) is 11.0 Å². The number of hydrogen-bond donors (Lipinski definition) is 0. The third-order valence-electron chi connectivity index (χ3n) is 5.49. The molecule has 6 heteroatoms. The van der Waals surface area contributed by atoms with Crippen molar-refractivity contribution >= 4 is 16.9 Å². The average molecular weight is 405 g/mol. The number of hydrogen-bond acceptors (Lipinski definition) is 4. The summed E-state index contributed by atoms with van der Waals surface area (Å²) in [5.41, 5.74) is 2.37. The second-order valence-corrected chi connectivity index (χ2v) is 7.69. The molecular formula is C24H27N3O3. The molecule has 0 radical (unpaired) electrons. The summed E-state index contributed by atoms with van der Waals surface area (Å²) in [7, 11) is 0. The van der Waals surface area contributed by atoms with Crippen LogP contribution in [-0.4, -0.2) is 33.0 Å². The summed E-state index contributed by atoms with van der Waals surface area (Å²) < 4.78 is 7.63. The number of carbonyl (C=O) groups excluding carboxylic acids is 1. The average Bonchev–Trinajstić information content (AvgIpc) is 3.58. The van der Waals surface area contributed by atoms with E-state index in [-0.39, 0.29) is 22.9 Å². The Morgan fingerprint density at radius 2 is 1.97 bits per heavy atom. The lowest BCUT2D eigenvalue weighted by molar-refractivity contribution is 0.0726. The molecule has 3 aromatic rings. The highest BCUT2D eigenvalue weighted by Gasteiger charge is 2.35. The molecule has 6 nitrogen and oxygen atoms in total.